The van der Waals surface area contributed by atoms with Crippen molar-refractivity contribution in [2.45, 2.75) is 26.1 Å². The van der Waals surface area contributed by atoms with Crippen LogP contribution in [-0.4, -0.2) is 18.1 Å². The maximum absolute atomic E-state index is 6.27. The van der Waals surface area contributed by atoms with Crippen LogP contribution >= 0.6 is 23.2 Å². The van der Waals surface area contributed by atoms with Gasteiger partial charge in [0.15, 0.2) is 0 Å². The van der Waals surface area contributed by atoms with E-state index in [1.165, 1.54) is 6.42 Å². The molecule has 0 amide bonds. The summed E-state index contributed by atoms with van der Waals surface area (Å²) in [6.07, 6.45) is 3.10. The van der Waals surface area contributed by atoms with Gasteiger partial charge in [0.25, 0.3) is 0 Å². The quantitative estimate of drug-likeness (QED) is 0.758. The second-order valence-corrected chi connectivity index (χ2v) is 5.81. The molecule has 4 heteroatoms. The normalized spacial score (nSPS) is 25.1. The number of halogens is 2. The summed E-state index contributed by atoms with van der Waals surface area (Å²) in [6, 6.07) is 1.92. The molecule has 1 saturated heterocycles. The summed E-state index contributed by atoms with van der Waals surface area (Å²) in [6.45, 7) is 6.64. The fraction of sp³-hybridized carbons (Fsp3) is 0.615. The lowest BCUT2D eigenvalue weighted by Gasteiger charge is -2.36. The van der Waals surface area contributed by atoms with Crippen LogP contribution in [0.4, 0.5) is 5.82 Å². The molecule has 94 valence electrons. The molecule has 1 aliphatic rings. The monoisotopic (exact) mass is 272 g/mol. The van der Waals surface area contributed by atoms with Gasteiger partial charge in [-0.2, -0.15) is 0 Å². The van der Waals surface area contributed by atoms with Crippen LogP contribution in [0.5, 0.6) is 0 Å². The van der Waals surface area contributed by atoms with Crippen molar-refractivity contribution < 1.29 is 0 Å². The summed E-state index contributed by atoms with van der Waals surface area (Å²) in [5.74, 6) is 2.76. The molecule has 2 heterocycles. The molecule has 2 unspecified atom stereocenters. The van der Waals surface area contributed by atoms with E-state index in [4.69, 9.17) is 23.2 Å². The van der Waals surface area contributed by atoms with Crippen LogP contribution in [-0.2, 0) is 5.88 Å². The Bertz CT molecular complexity index is 385. The first-order valence-electron chi connectivity index (χ1n) is 6.05. The predicted octanol–water partition coefficient (Wildman–Crippen LogP) is 3.96. The van der Waals surface area contributed by atoms with Gasteiger partial charge in [0.1, 0.15) is 5.82 Å². The molecular formula is C13H18Cl2N2. The first-order chi connectivity index (χ1) is 8.10. The van der Waals surface area contributed by atoms with Gasteiger partial charge in [-0.1, -0.05) is 25.4 Å². The highest BCUT2D eigenvalue weighted by molar-refractivity contribution is 6.33. The Morgan fingerprint density at radius 1 is 1.35 bits per heavy atom. The lowest BCUT2D eigenvalue weighted by molar-refractivity contribution is 0.355. The molecule has 2 rings (SSSR count). The smallest absolute Gasteiger partial charge is 0.147 e. The topological polar surface area (TPSA) is 16.1 Å². The van der Waals surface area contributed by atoms with E-state index < -0.39 is 0 Å². The Labute approximate surface area is 113 Å². The van der Waals surface area contributed by atoms with Gasteiger partial charge >= 0.3 is 0 Å². The van der Waals surface area contributed by atoms with E-state index in [-0.39, 0.29) is 0 Å². The highest BCUT2D eigenvalue weighted by atomic mass is 35.5. The summed E-state index contributed by atoms with van der Waals surface area (Å²) < 4.78 is 0. The van der Waals surface area contributed by atoms with Gasteiger partial charge in [-0.25, -0.2) is 4.98 Å². The van der Waals surface area contributed by atoms with Gasteiger partial charge < -0.3 is 4.90 Å². The molecule has 0 aliphatic carbocycles. The Balaban J connectivity index is 2.21. The van der Waals surface area contributed by atoms with Crippen molar-refractivity contribution in [3.63, 3.8) is 0 Å². The highest BCUT2D eigenvalue weighted by Gasteiger charge is 2.24. The van der Waals surface area contributed by atoms with Crippen LogP contribution in [0.3, 0.4) is 0 Å². The van der Waals surface area contributed by atoms with Crippen LogP contribution in [0, 0.1) is 11.8 Å². The lowest BCUT2D eigenvalue weighted by Crippen LogP contribution is -2.39. The Morgan fingerprint density at radius 3 is 2.53 bits per heavy atom. The summed E-state index contributed by atoms with van der Waals surface area (Å²) in [5, 5.41) is 0.712. The van der Waals surface area contributed by atoms with E-state index >= 15 is 0 Å². The number of hydrogen-bond donors (Lipinski definition) is 0. The van der Waals surface area contributed by atoms with Crippen LogP contribution in [0.15, 0.2) is 12.3 Å². The Hall–Kier alpha value is -0.470. The molecular weight excluding hydrogens is 255 g/mol. The van der Waals surface area contributed by atoms with Gasteiger partial charge in [-0.15, -0.1) is 11.6 Å². The third-order valence-corrected chi connectivity index (χ3v) is 3.79. The molecule has 0 spiro atoms. The summed E-state index contributed by atoms with van der Waals surface area (Å²) in [5.41, 5.74) is 0.971. The van der Waals surface area contributed by atoms with E-state index in [1.807, 2.05) is 12.3 Å². The maximum Gasteiger partial charge on any atom is 0.147 e. The van der Waals surface area contributed by atoms with Gasteiger partial charge in [-0.05, 0) is 29.9 Å². The summed E-state index contributed by atoms with van der Waals surface area (Å²) in [7, 11) is 0. The minimum Gasteiger partial charge on any atom is -0.355 e. The number of alkyl halides is 1. The van der Waals surface area contributed by atoms with Crippen molar-refractivity contribution >= 4 is 29.0 Å². The van der Waals surface area contributed by atoms with Gasteiger partial charge in [0, 0.05) is 25.2 Å². The van der Waals surface area contributed by atoms with Gasteiger partial charge in [-0.3, -0.25) is 0 Å². The van der Waals surface area contributed by atoms with Crippen molar-refractivity contribution in [1.29, 1.82) is 0 Å². The summed E-state index contributed by atoms with van der Waals surface area (Å²) >= 11 is 12.0. The van der Waals surface area contributed by atoms with Crippen LogP contribution in [0.1, 0.15) is 25.8 Å². The number of rotatable bonds is 2. The zero-order valence-electron chi connectivity index (χ0n) is 10.3. The first-order valence-corrected chi connectivity index (χ1v) is 6.96. The molecule has 2 nitrogen and oxygen atoms in total. The zero-order chi connectivity index (χ0) is 12.4. The average molecular weight is 273 g/mol. The highest BCUT2D eigenvalue weighted by Crippen LogP contribution is 2.30. The fourth-order valence-electron chi connectivity index (χ4n) is 2.61. The minimum absolute atomic E-state index is 0.458. The number of piperidine rings is 1. The molecule has 2 atom stereocenters. The largest absolute Gasteiger partial charge is 0.355 e. The van der Waals surface area contributed by atoms with E-state index in [1.54, 1.807) is 0 Å². The number of hydrogen-bond acceptors (Lipinski definition) is 2. The van der Waals surface area contributed by atoms with Crippen molar-refractivity contribution in [2.24, 2.45) is 11.8 Å². The predicted molar refractivity (Wildman–Crippen MR) is 74.0 cm³/mol. The Kier molecular flexibility index (Phi) is 4.16. The third kappa shape index (κ3) is 3.05. The summed E-state index contributed by atoms with van der Waals surface area (Å²) in [4.78, 5) is 6.74. The molecule has 1 aromatic heterocycles. The second-order valence-electron chi connectivity index (χ2n) is 5.13. The third-order valence-electron chi connectivity index (χ3n) is 3.20. The lowest BCUT2D eigenvalue weighted by atomic mass is 9.92. The second kappa shape index (κ2) is 5.45. The zero-order valence-corrected chi connectivity index (χ0v) is 11.8. The van der Waals surface area contributed by atoms with E-state index in [9.17, 15) is 0 Å². The van der Waals surface area contributed by atoms with E-state index in [2.05, 4.69) is 23.7 Å². The van der Waals surface area contributed by atoms with E-state index in [0.29, 0.717) is 22.7 Å². The number of nitrogens with zero attached hydrogens (tertiary/aromatic N) is 2. The molecule has 0 saturated carbocycles. The fourth-order valence-corrected chi connectivity index (χ4v) is 3.07. The minimum atomic E-state index is 0.458. The van der Waals surface area contributed by atoms with Crippen molar-refractivity contribution in [1.82, 2.24) is 4.98 Å². The van der Waals surface area contributed by atoms with Gasteiger partial charge in [0.2, 0.25) is 0 Å². The van der Waals surface area contributed by atoms with Crippen LogP contribution < -0.4 is 4.90 Å². The number of anilines is 1. The SMILES string of the molecule is CC1CC(C)CN(c2ncc(CCl)cc2Cl)C1. The molecule has 0 aromatic carbocycles. The molecule has 0 bridgehead atoms. The van der Waals surface area contributed by atoms with Crippen LogP contribution in [0.2, 0.25) is 5.02 Å². The van der Waals surface area contributed by atoms with Gasteiger partial charge in [0.05, 0.1) is 5.02 Å². The maximum atomic E-state index is 6.27. The first kappa shape index (κ1) is 13.0. The van der Waals surface area contributed by atoms with Crippen molar-refractivity contribution in [2.75, 3.05) is 18.0 Å². The molecule has 1 aromatic rings. The Morgan fingerprint density at radius 2 is 2.00 bits per heavy atom. The van der Waals surface area contributed by atoms with Crippen molar-refractivity contribution in [3.8, 4) is 0 Å². The molecule has 17 heavy (non-hydrogen) atoms. The number of aromatic nitrogens is 1. The molecule has 0 radical (unpaired) electrons. The molecule has 0 N–H and O–H groups in total. The number of pyridine rings is 1. The molecule has 1 aliphatic heterocycles. The van der Waals surface area contributed by atoms with Crippen molar-refractivity contribution in [3.05, 3.63) is 22.8 Å². The van der Waals surface area contributed by atoms with E-state index in [0.717, 1.165) is 24.5 Å². The standard InChI is InChI=1S/C13H18Cl2N2/c1-9-3-10(2)8-17(7-9)13-12(15)4-11(5-14)6-16-13/h4,6,9-10H,3,5,7-8H2,1-2H3. The molecule has 1 fully saturated rings. The average Bonchev–Trinajstić information content (AvgIpc) is 2.27. The van der Waals surface area contributed by atoms with Crippen LogP contribution in [0.25, 0.3) is 0 Å².